The molecule has 2 rings (SSSR count). The van der Waals surface area contributed by atoms with Crippen LogP contribution in [0, 0.1) is 0 Å². The molecule has 0 fully saturated rings. The highest BCUT2D eigenvalue weighted by atomic mass is 16.5. The molecule has 1 heterocycles. The second kappa shape index (κ2) is 4.39. The number of aromatic nitrogens is 1. The van der Waals surface area contributed by atoms with Gasteiger partial charge < -0.3 is 14.9 Å². The summed E-state index contributed by atoms with van der Waals surface area (Å²) in [5, 5.41) is 19.3. The van der Waals surface area contributed by atoms with Gasteiger partial charge in [0.05, 0.1) is 19.2 Å². The lowest BCUT2D eigenvalue weighted by molar-refractivity contribution is 0.0594. The Bertz CT molecular complexity index is 580. The van der Waals surface area contributed by atoms with Crippen LogP contribution in [0.2, 0.25) is 0 Å². The van der Waals surface area contributed by atoms with Crippen molar-refractivity contribution in [3.63, 3.8) is 0 Å². The molecule has 0 radical (unpaired) electrons. The zero-order valence-corrected chi connectivity index (χ0v) is 9.17. The van der Waals surface area contributed by atoms with E-state index < -0.39 is 5.97 Å². The Hall–Kier alpha value is -2.14. The largest absolute Gasteiger partial charge is 0.507 e. The summed E-state index contributed by atoms with van der Waals surface area (Å²) >= 11 is 0. The molecule has 2 aromatic rings. The Kier molecular flexibility index (Phi) is 2.93. The van der Waals surface area contributed by atoms with Crippen molar-refractivity contribution < 1.29 is 19.7 Å². The van der Waals surface area contributed by atoms with Gasteiger partial charge in [0, 0.05) is 11.5 Å². The van der Waals surface area contributed by atoms with E-state index in [1.54, 1.807) is 18.2 Å². The van der Waals surface area contributed by atoms with Gasteiger partial charge in [0.2, 0.25) is 0 Å². The molecule has 0 amide bonds. The van der Waals surface area contributed by atoms with E-state index in [4.69, 9.17) is 5.11 Å². The predicted octanol–water partition coefficient (Wildman–Crippen LogP) is 1.22. The molecule has 1 aromatic heterocycles. The number of aliphatic hydroxyl groups excluding tert-OH is 1. The number of rotatable bonds is 2. The molecule has 0 atom stereocenters. The molecule has 0 unspecified atom stereocenters. The van der Waals surface area contributed by atoms with Crippen molar-refractivity contribution in [1.29, 1.82) is 0 Å². The van der Waals surface area contributed by atoms with E-state index >= 15 is 0 Å². The Morgan fingerprint density at radius 1 is 1.41 bits per heavy atom. The van der Waals surface area contributed by atoms with Crippen molar-refractivity contribution in [3.8, 4) is 5.75 Å². The number of aliphatic hydroxyl groups is 1. The van der Waals surface area contributed by atoms with Crippen molar-refractivity contribution in [1.82, 2.24) is 4.98 Å². The van der Waals surface area contributed by atoms with Gasteiger partial charge in [-0.1, -0.05) is 6.07 Å². The third-order valence-electron chi connectivity index (χ3n) is 2.43. The Labute approximate surface area is 97.3 Å². The van der Waals surface area contributed by atoms with Gasteiger partial charge in [-0.05, 0) is 17.7 Å². The van der Waals surface area contributed by atoms with Crippen LogP contribution in [0.4, 0.5) is 0 Å². The molecular formula is C12H11NO4. The molecule has 0 spiro atoms. The maximum absolute atomic E-state index is 11.3. The molecule has 5 nitrogen and oxygen atoms in total. The summed E-state index contributed by atoms with van der Waals surface area (Å²) in [6, 6.07) is 6.19. The highest BCUT2D eigenvalue weighted by Gasteiger charge is 2.12. The second-order valence-corrected chi connectivity index (χ2v) is 3.53. The van der Waals surface area contributed by atoms with Gasteiger partial charge in [-0.3, -0.25) is 0 Å². The number of benzene rings is 1. The first-order chi connectivity index (χ1) is 8.15. The zero-order valence-electron chi connectivity index (χ0n) is 9.17. The van der Waals surface area contributed by atoms with Gasteiger partial charge in [0.25, 0.3) is 0 Å². The summed E-state index contributed by atoms with van der Waals surface area (Å²) in [6.45, 7) is -0.124. The normalized spacial score (nSPS) is 10.5. The van der Waals surface area contributed by atoms with Gasteiger partial charge in [-0.15, -0.1) is 0 Å². The van der Waals surface area contributed by atoms with Crippen LogP contribution in [0.1, 0.15) is 16.1 Å². The number of methoxy groups -OCH3 is 1. The van der Waals surface area contributed by atoms with Gasteiger partial charge in [-0.2, -0.15) is 0 Å². The molecule has 88 valence electrons. The maximum atomic E-state index is 11.3. The summed E-state index contributed by atoms with van der Waals surface area (Å²) in [6.07, 6.45) is 0. The third kappa shape index (κ3) is 2.05. The fraction of sp³-hybridized carbons (Fsp3) is 0.167. The van der Waals surface area contributed by atoms with Crippen molar-refractivity contribution in [2.75, 3.05) is 7.11 Å². The number of nitrogens with zero attached hydrogens (tertiary/aromatic N) is 1. The summed E-state index contributed by atoms with van der Waals surface area (Å²) in [5.74, 6) is -0.656. The maximum Gasteiger partial charge on any atom is 0.356 e. The first kappa shape index (κ1) is 11.3. The van der Waals surface area contributed by atoms with E-state index in [2.05, 4.69) is 9.72 Å². The van der Waals surface area contributed by atoms with Crippen molar-refractivity contribution in [2.45, 2.75) is 6.61 Å². The molecule has 0 saturated heterocycles. The van der Waals surface area contributed by atoms with E-state index in [0.29, 0.717) is 16.5 Å². The van der Waals surface area contributed by atoms with Crippen molar-refractivity contribution in [3.05, 3.63) is 35.5 Å². The number of carbonyl (C=O) groups is 1. The predicted molar refractivity (Wildman–Crippen MR) is 60.7 cm³/mol. The van der Waals surface area contributed by atoms with Crippen LogP contribution in [-0.2, 0) is 11.3 Å². The monoisotopic (exact) mass is 233 g/mol. The van der Waals surface area contributed by atoms with Crippen molar-refractivity contribution in [2.24, 2.45) is 0 Å². The smallest absolute Gasteiger partial charge is 0.356 e. The minimum atomic E-state index is -0.614. The van der Waals surface area contributed by atoms with Crippen LogP contribution in [0.15, 0.2) is 24.3 Å². The van der Waals surface area contributed by atoms with Crippen LogP contribution >= 0.6 is 0 Å². The van der Waals surface area contributed by atoms with Crippen LogP contribution in [0.25, 0.3) is 10.9 Å². The minimum Gasteiger partial charge on any atom is -0.507 e. The number of aromatic hydroxyl groups is 1. The summed E-state index contributed by atoms with van der Waals surface area (Å²) in [5.41, 5.74) is 1.14. The van der Waals surface area contributed by atoms with E-state index in [9.17, 15) is 9.90 Å². The molecule has 0 bridgehead atoms. The molecule has 0 aliphatic rings. The molecule has 17 heavy (non-hydrogen) atoms. The fourth-order valence-electron chi connectivity index (χ4n) is 1.56. The Morgan fingerprint density at radius 3 is 2.82 bits per heavy atom. The summed E-state index contributed by atoms with van der Waals surface area (Å²) in [4.78, 5) is 15.4. The van der Waals surface area contributed by atoms with Crippen LogP contribution in [0.3, 0.4) is 0 Å². The standard InChI is InChI=1S/C12H11NO4/c1-17-12(16)10-5-11(15)8-3-2-7(6-14)4-9(8)13-10/h2-5,14H,6H2,1H3,(H,13,15). The average molecular weight is 233 g/mol. The molecule has 0 aliphatic heterocycles. The molecule has 2 N–H and O–H groups in total. The van der Waals surface area contributed by atoms with Gasteiger partial charge >= 0.3 is 5.97 Å². The van der Waals surface area contributed by atoms with Crippen LogP contribution in [-0.4, -0.2) is 28.3 Å². The summed E-state index contributed by atoms with van der Waals surface area (Å²) in [7, 11) is 1.25. The number of hydrogen-bond acceptors (Lipinski definition) is 5. The molecule has 5 heteroatoms. The lowest BCUT2D eigenvalue weighted by Gasteiger charge is -2.05. The van der Waals surface area contributed by atoms with E-state index in [0.717, 1.165) is 0 Å². The van der Waals surface area contributed by atoms with Gasteiger partial charge in [0.15, 0.2) is 5.69 Å². The number of ether oxygens (including phenoxy) is 1. The van der Waals surface area contributed by atoms with E-state index in [1.807, 2.05) is 0 Å². The van der Waals surface area contributed by atoms with E-state index in [-0.39, 0.29) is 18.1 Å². The topological polar surface area (TPSA) is 79.7 Å². The lowest BCUT2D eigenvalue weighted by atomic mass is 10.1. The fourth-order valence-corrected chi connectivity index (χ4v) is 1.56. The van der Waals surface area contributed by atoms with Gasteiger partial charge in [0.1, 0.15) is 5.75 Å². The third-order valence-corrected chi connectivity index (χ3v) is 2.43. The number of pyridine rings is 1. The Morgan fingerprint density at radius 2 is 2.18 bits per heavy atom. The number of hydrogen-bond donors (Lipinski definition) is 2. The first-order valence-electron chi connectivity index (χ1n) is 4.97. The summed E-state index contributed by atoms with van der Waals surface area (Å²) < 4.78 is 4.53. The van der Waals surface area contributed by atoms with E-state index in [1.165, 1.54) is 13.2 Å². The molecular weight excluding hydrogens is 222 g/mol. The second-order valence-electron chi connectivity index (χ2n) is 3.53. The van der Waals surface area contributed by atoms with Gasteiger partial charge in [-0.25, -0.2) is 9.78 Å². The molecule has 1 aromatic carbocycles. The van der Waals surface area contributed by atoms with Crippen molar-refractivity contribution >= 4 is 16.9 Å². The number of fused-ring (bicyclic) bond motifs is 1. The highest BCUT2D eigenvalue weighted by Crippen LogP contribution is 2.25. The van der Waals surface area contributed by atoms with Crippen LogP contribution in [0.5, 0.6) is 5.75 Å². The highest BCUT2D eigenvalue weighted by molar-refractivity contribution is 5.94. The average Bonchev–Trinajstić information content (AvgIpc) is 2.36. The SMILES string of the molecule is COC(=O)c1cc(O)c2ccc(CO)cc2n1. The molecule has 0 aliphatic carbocycles. The minimum absolute atomic E-state index is 0.0348. The quantitative estimate of drug-likeness (QED) is 0.762. The Balaban J connectivity index is 2.65. The zero-order chi connectivity index (χ0) is 12.4. The molecule has 0 saturated carbocycles. The number of carbonyl (C=O) groups excluding carboxylic acids is 1. The van der Waals surface area contributed by atoms with Crippen LogP contribution < -0.4 is 0 Å². The number of esters is 1. The first-order valence-corrected chi connectivity index (χ1v) is 4.97. The lowest BCUT2D eigenvalue weighted by Crippen LogP contribution is -2.04.